The minimum atomic E-state index is -0.647. The molecule has 2 aliphatic heterocycles. The number of benzene rings is 1. The average Bonchev–Trinajstić information content (AvgIpc) is 2.71. The third kappa shape index (κ3) is 3.63. The van der Waals surface area contributed by atoms with Crippen molar-refractivity contribution in [3.8, 4) is 11.5 Å². The zero-order valence-corrected chi connectivity index (χ0v) is 18.6. The topological polar surface area (TPSA) is 65.7 Å². The molecule has 0 spiro atoms. The Hall–Kier alpha value is -1.98. The zero-order valence-electron chi connectivity index (χ0n) is 17.1. The lowest BCUT2D eigenvalue weighted by Crippen LogP contribution is -2.27. The number of Topliss-reactive ketones (excluding diaryl/α,β-unsaturated/α-hetero) is 1. The molecule has 2 atom stereocenters. The fraction of sp³-hybridized carbons (Fsp3) is 0.478. The number of alkyl halides is 1. The lowest BCUT2D eigenvalue weighted by atomic mass is 9.90. The number of carbonyl (C=O) groups excluding carboxylic acids is 1. The molecule has 0 aliphatic carbocycles. The molecule has 30 heavy (non-hydrogen) atoms. The van der Waals surface area contributed by atoms with Crippen LogP contribution in [-0.2, 0) is 6.42 Å². The van der Waals surface area contributed by atoms with Crippen LogP contribution < -0.4 is 15.1 Å². The second-order valence-electron chi connectivity index (χ2n) is 7.84. The Labute approximate surface area is 184 Å². The number of carbonyl (C=O) groups is 1. The molecule has 2 aliphatic rings. The van der Waals surface area contributed by atoms with E-state index in [4.69, 9.17) is 37.1 Å². The SMILES string of the molecule is CCCc1c(Cl)c(=O)oc2c3c(c4c(c12)OC(CCCCCl)C=C4)OC(C)CC3=O. The normalized spacial score (nSPS) is 19.9. The molecule has 1 aromatic heterocycles. The van der Waals surface area contributed by atoms with Crippen molar-refractivity contribution in [2.24, 2.45) is 0 Å². The molecule has 2 aromatic rings. The van der Waals surface area contributed by atoms with Gasteiger partial charge < -0.3 is 13.9 Å². The highest BCUT2D eigenvalue weighted by Gasteiger charge is 2.35. The molecule has 4 rings (SSSR count). The molecule has 0 saturated heterocycles. The Balaban J connectivity index is 2.00. The van der Waals surface area contributed by atoms with Gasteiger partial charge in [0.1, 0.15) is 34.3 Å². The number of ketones is 1. The Kier molecular flexibility index (Phi) is 6.12. The highest BCUT2D eigenvalue weighted by molar-refractivity contribution is 6.32. The summed E-state index contributed by atoms with van der Waals surface area (Å²) in [6.07, 6.45) is 7.74. The second kappa shape index (κ2) is 8.64. The first-order valence-electron chi connectivity index (χ1n) is 10.4. The molecule has 160 valence electrons. The maximum absolute atomic E-state index is 12.9. The summed E-state index contributed by atoms with van der Waals surface area (Å²) in [7, 11) is 0. The summed E-state index contributed by atoms with van der Waals surface area (Å²) < 4.78 is 18.0. The summed E-state index contributed by atoms with van der Waals surface area (Å²) in [4.78, 5) is 25.4. The Morgan fingerprint density at radius 2 is 1.97 bits per heavy atom. The molecule has 3 heterocycles. The molecule has 0 radical (unpaired) electrons. The maximum atomic E-state index is 12.9. The van der Waals surface area contributed by atoms with Crippen molar-refractivity contribution >= 4 is 46.0 Å². The van der Waals surface area contributed by atoms with Crippen LogP contribution in [0.15, 0.2) is 15.3 Å². The molecule has 0 amide bonds. The first-order chi connectivity index (χ1) is 14.5. The summed E-state index contributed by atoms with van der Waals surface area (Å²) in [5, 5.41) is 0.647. The fourth-order valence-corrected chi connectivity index (χ4v) is 4.60. The van der Waals surface area contributed by atoms with Crippen molar-refractivity contribution < 1.29 is 18.7 Å². The smallest absolute Gasteiger partial charge is 0.355 e. The van der Waals surface area contributed by atoms with E-state index in [-0.39, 0.29) is 35.0 Å². The quantitative estimate of drug-likeness (QED) is 0.309. The molecular formula is C23H24Cl2O5. The summed E-state index contributed by atoms with van der Waals surface area (Å²) in [5.74, 6) is 1.49. The number of fused-ring (bicyclic) bond motifs is 6. The van der Waals surface area contributed by atoms with Crippen LogP contribution in [0, 0.1) is 0 Å². The van der Waals surface area contributed by atoms with Gasteiger partial charge in [-0.2, -0.15) is 0 Å². The third-order valence-electron chi connectivity index (χ3n) is 5.53. The van der Waals surface area contributed by atoms with E-state index < -0.39 is 5.63 Å². The lowest BCUT2D eigenvalue weighted by Gasteiger charge is -2.30. The predicted octanol–water partition coefficient (Wildman–Crippen LogP) is 5.94. The van der Waals surface area contributed by atoms with Crippen molar-refractivity contribution in [3.63, 3.8) is 0 Å². The minimum Gasteiger partial charge on any atom is -0.489 e. The molecule has 5 nitrogen and oxygen atoms in total. The number of aryl methyl sites for hydroxylation is 1. The van der Waals surface area contributed by atoms with Gasteiger partial charge in [-0.15, -0.1) is 11.6 Å². The maximum Gasteiger partial charge on any atom is 0.355 e. The predicted molar refractivity (Wildman–Crippen MR) is 119 cm³/mol. The molecule has 0 N–H and O–H groups in total. The van der Waals surface area contributed by atoms with E-state index in [9.17, 15) is 9.59 Å². The van der Waals surface area contributed by atoms with Gasteiger partial charge in [-0.3, -0.25) is 4.79 Å². The minimum absolute atomic E-state index is 0.0425. The summed E-state index contributed by atoms with van der Waals surface area (Å²) in [6.45, 7) is 3.85. The van der Waals surface area contributed by atoms with Crippen LogP contribution >= 0.6 is 23.2 Å². The highest BCUT2D eigenvalue weighted by atomic mass is 35.5. The van der Waals surface area contributed by atoms with Gasteiger partial charge in [-0.25, -0.2) is 4.79 Å². The number of rotatable bonds is 6. The highest BCUT2D eigenvalue weighted by Crippen LogP contribution is 2.48. The lowest BCUT2D eigenvalue weighted by molar-refractivity contribution is 0.0870. The monoisotopic (exact) mass is 450 g/mol. The summed E-state index contributed by atoms with van der Waals surface area (Å²) in [5.41, 5.74) is 1.24. The van der Waals surface area contributed by atoms with E-state index in [1.165, 1.54) is 0 Å². The molecular weight excluding hydrogens is 427 g/mol. The van der Waals surface area contributed by atoms with Gasteiger partial charge in [-0.1, -0.05) is 24.9 Å². The second-order valence-corrected chi connectivity index (χ2v) is 8.59. The van der Waals surface area contributed by atoms with Crippen LogP contribution in [0.25, 0.3) is 17.0 Å². The molecule has 0 saturated carbocycles. The number of hydrogen-bond acceptors (Lipinski definition) is 5. The molecule has 0 bridgehead atoms. The van der Waals surface area contributed by atoms with Gasteiger partial charge in [0.2, 0.25) is 0 Å². The van der Waals surface area contributed by atoms with E-state index >= 15 is 0 Å². The van der Waals surface area contributed by atoms with E-state index in [2.05, 4.69) is 0 Å². The van der Waals surface area contributed by atoms with Crippen LogP contribution in [0.1, 0.15) is 67.4 Å². The van der Waals surface area contributed by atoms with Gasteiger partial charge in [-0.05, 0) is 50.3 Å². The Morgan fingerprint density at radius 3 is 2.70 bits per heavy atom. The van der Waals surface area contributed by atoms with E-state index in [0.29, 0.717) is 45.9 Å². The molecule has 1 aromatic carbocycles. The summed E-state index contributed by atoms with van der Waals surface area (Å²) in [6, 6.07) is 0. The van der Waals surface area contributed by atoms with Crippen molar-refractivity contribution in [1.82, 2.24) is 0 Å². The van der Waals surface area contributed by atoms with Gasteiger partial charge in [0, 0.05) is 12.3 Å². The van der Waals surface area contributed by atoms with Crippen LogP contribution in [0.2, 0.25) is 5.02 Å². The van der Waals surface area contributed by atoms with E-state index in [0.717, 1.165) is 25.7 Å². The van der Waals surface area contributed by atoms with Crippen molar-refractivity contribution in [2.45, 2.75) is 64.6 Å². The van der Waals surface area contributed by atoms with Gasteiger partial charge in [0.25, 0.3) is 0 Å². The van der Waals surface area contributed by atoms with Gasteiger partial charge in [0.15, 0.2) is 11.4 Å². The fourth-order valence-electron chi connectivity index (χ4n) is 4.18. The number of hydrogen-bond donors (Lipinski definition) is 0. The zero-order chi connectivity index (χ0) is 21.4. The standard InChI is InChI=1S/C23H24Cl2O5/c1-3-6-14-17-20-15(9-8-13(29-20)7-4-5-10-24)21-18(16(26)11-12(2)28-21)22(17)30-23(27)19(14)25/h8-9,12-13H,3-7,10-11H2,1-2H3. The van der Waals surface area contributed by atoms with E-state index in [1.807, 2.05) is 26.0 Å². The van der Waals surface area contributed by atoms with Crippen molar-refractivity contribution in [1.29, 1.82) is 0 Å². The first-order valence-corrected chi connectivity index (χ1v) is 11.3. The molecule has 0 fully saturated rings. The van der Waals surface area contributed by atoms with Crippen molar-refractivity contribution in [2.75, 3.05) is 5.88 Å². The van der Waals surface area contributed by atoms with Crippen LogP contribution in [0.5, 0.6) is 11.5 Å². The van der Waals surface area contributed by atoms with Gasteiger partial charge in [0.05, 0.1) is 10.9 Å². The van der Waals surface area contributed by atoms with Crippen LogP contribution in [0.3, 0.4) is 0 Å². The van der Waals surface area contributed by atoms with Crippen LogP contribution in [0.4, 0.5) is 0 Å². The average molecular weight is 451 g/mol. The van der Waals surface area contributed by atoms with Gasteiger partial charge >= 0.3 is 5.63 Å². The first kappa shape index (κ1) is 21.3. The number of unbranched alkanes of at least 4 members (excludes halogenated alkanes) is 1. The van der Waals surface area contributed by atoms with Crippen LogP contribution in [-0.4, -0.2) is 23.9 Å². The third-order valence-corrected chi connectivity index (χ3v) is 6.18. The van der Waals surface area contributed by atoms with Crippen molar-refractivity contribution in [3.05, 3.63) is 38.2 Å². The largest absolute Gasteiger partial charge is 0.489 e. The number of halogens is 2. The summed E-state index contributed by atoms with van der Waals surface area (Å²) >= 11 is 12.2. The van der Waals surface area contributed by atoms with E-state index in [1.54, 1.807) is 0 Å². The Morgan fingerprint density at radius 1 is 1.17 bits per heavy atom. The number of ether oxygens (including phenoxy) is 2. The molecule has 2 unspecified atom stereocenters. The Bertz CT molecular complexity index is 1090. The molecule has 7 heteroatoms.